The number of aromatic nitrogens is 2. The number of ether oxygens (including phenoxy) is 2. The summed E-state index contributed by atoms with van der Waals surface area (Å²) >= 11 is 3.54. The molecule has 1 unspecified atom stereocenters. The first-order chi connectivity index (χ1) is 21.1. The Morgan fingerprint density at radius 3 is 2.66 bits per heavy atom. The lowest BCUT2D eigenvalue weighted by Gasteiger charge is -2.30. The van der Waals surface area contributed by atoms with Crippen molar-refractivity contribution in [3.63, 3.8) is 0 Å². The molecule has 2 heterocycles. The second-order valence-corrected chi connectivity index (χ2v) is 14.4. The van der Waals surface area contributed by atoms with Gasteiger partial charge < -0.3 is 20.1 Å². The van der Waals surface area contributed by atoms with E-state index in [1.807, 2.05) is 18.2 Å². The first-order valence-corrected chi connectivity index (χ1v) is 16.7. The molecule has 232 valence electrons. The van der Waals surface area contributed by atoms with Crippen LogP contribution >= 0.6 is 15.9 Å². The Morgan fingerprint density at radius 1 is 1.09 bits per heavy atom. The number of rotatable bonds is 13. The van der Waals surface area contributed by atoms with Gasteiger partial charge in [0.25, 0.3) is 0 Å². The van der Waals surface area contributed by atoms with Crippen LogP contribution in [0, 0.1) is 11.6 Å². The minimum atomic E-state index is -3.16. The summed E-state index contributed by atoms with van der Waals surface area (Å²) in [6, 6.07) is 14.8. The molecule has 8 nitrogen and oxygen atoms in total. The van der Waals surface area contributed by atoms with E-state index in [9.17, 15) is 12.8 Å². The second-order valence-electron chi connectivity index (χ2n) is 10.9. The monoisotopic (exact) mass is 686 g/mol. The molecule has 4 aromatic rings. The van der Waals surface area contributed by atoms with E-state index in [1.54, 1.807) is 44.4 Å². The Morgan fingerprint density at radius 2 is 1.93 bits per heavy atom. The van der Waals surface area contributed by atoms with Crippen molar-refractivity contribution in [2.24, 2.45) is 0 Å². The zero-order valence-corrected chi connectivity index (χ0v) is 26.7. The summed E-state index contributed by atoms with van der Waals surface area (Å²) in [5.74, 6) is 0.326. The molecule has 0 saturated carbocycles. The van der Waals surface area contributed by atoms with Crippen LogP contribution in [0.5, 0.6) is 5.75 Å². The first kappa shape index (κ1) is 31.8. The highest BCUT2D eigenvalue weighted by molar-refractivity contribution is 9.10. The molecule has 0 radical (unpaired) electrons. The van der Waals surface area contributed by atoms with Gasteiger partial charge in [0.05, 0.1) is 27.3 Å². The summed E-state index contributed by atoms with van der Waals surface area (Å²) in [5.41, 5.74) is 1.25. The number of anilines is 2. The fraction of sp³-hybridized carbons (Fsp3) is 0.312. The van der Waals surface area contributed by atoms with Gasteiger partial charge in [0, 0.05) is 42.1 Å². The number of hydrogen-bond donors (Lipinski definition) is 2. The van der Waals surface area contributed by atoms with E-state index < -0.39 is 26.5 Å². The summed E-state index contributed by atoms with van der Waals surface area (Å²) < 4.78 is 65.9. The molecule has 12 heteroatoms. The van der Waals surface area contributed by atoms with E-state index in [2.05, 4.69) is 36.5 Å². The van der Waals surface area contributed by atoms with Crippen molar-refractivity contribution >= 4 is 48.2 Å². The first-order valence-electron chi connectivity index (χ1n) is 14.2. The van der Waals surface area contributed by atoms with Gasteiger partial charge in [-0.3, -0.25) is 0 Å². The molecule has 0 fully saturated rings. The van der Waals surface area contributed by atoms with Crippen molar-refractivity contribution in [2.45, 2.75) is 44.1 Å². The molecular weight excluding hydrogens is 654 g/mol. The minimum Gasteiger partial charge on any atom is -0.490 e. The van der Waals surface area contributed by atoms with Crippen LogP contribution in [-0.2, 0) is 26.8 Å². The van der Waals surface area contributed by atoms with Gasteiger partial charge in [0.1, 0.15) is 41.7 Å². The van der Waals surface area contributed by atoms with Gasteiger partial charge in [-0.15, -0.1) is 0 Å². The van der Waals surface area contributed by atoms with Crippen molar-refractivity contribution < 1.29 is 26.7 Å². The molecule has 0 aliphatic carbocycles. The number of halogens is 3. The van der Waals surface area contributed by atoms with Gasteiger partial charge in [-0.05, 0) is 84.4 Å². The highest BCUT2D eigenvalue weighted by atomic mass is 79.9. The van der Waals surface area contributed by atoms with Gasteiger partial charge in [0.2, 0.25) is 0 Å². The lowest BCUT2D eigenvalue weighted by Crippen LogP contribution is -2.33. The van der Waals surface area contributed by atoms with E-state index in [1.165, 1.54) is 24.5 Å². The zero-order valence-electron chi connectivity index (χ0n) is 24.3. The lowest BCUT2D eigenvalue weighted by molar-refractivity contribution is 0.0296. The molecule has 3 aromatic carbocycles. The van der Waals surface area contributed by atoms with E-state index >= 15 is 4.39 Å². The lowest BCUT2D eigenvalue weighted by atomic mass is 9.86. The van der Waals surface area contributed by atoms with Gasteiger partial charge >= 0.3 is 0 Å². The molecule has 0 saturated heterocycles. The fourth-order valence-electron chi connectivity index (χ4n) is 4.95. The van der Waals surface area contributed by atoms with Crippen LogP contribution in [-0.4, -0.2) is 42.5 Å². The Bertz CT molecular complexity index is 1780. The van der Waals surface area contributed by atoms with Crippen molar-refractivity contribution in [1.82, 2.24) is 15.3 Å². The third kappa shape index (κ3) is 7.36. The van der Waals surface area contributed by atoms with Crippen LogP contribution in [0.2, 0.25) is 0 Å². The van der Waals surface area contributed by atoms with Crippen LogP contribution < -0.4 is 15.4 Å². The maximum atomic E-state index is 15.6. The molecule has 1 atom stereocenters. The molecule has 1 aliphatic heterocycles. The smallest absolute Gasteiger partial charge is 0.153 e. The van der Waals surface area contributed by atoms with Gasteiger partial charge in [-0.2, -0.15) is 0 Å². The zero-order chi connectivity index (χ0) is 31.3. The largest absolute Gasteiger partial charge is 0.490 e. The summed E-state index contributed by atoms with van der Waals surface area (Å²) in [4.78, 5) is 8.71. The van der Waals surface area contributed by atoms with Gasteiger partial charge in [-0.1, -0.05) is 12.1 Å². The van der Waals surface area contributed by atoms with Crippen LogP contribution in [0.1, 0.15) is 37.8 Å². The van der Waals surface area contributed by atoms with Crippen LogP contribution in [0.4, 0.5) is 20.3 Å². The second kappa shape index (κ2) is 13.6. The number of sulfone groups is 1. The van der Waals surface area contributed by atoms with E-state index in [4.69, 9.17) is 9.47 Å². The molecule has 44 heavy (non-hydrogen) atoms. The van der Waals surface area contributed by atoms with Crippen molar-refractivity contribution in [3.8, 4) is 5.75 Å². The molecule has 5 rings (SSSR count). The number of benzene rings is 3. The maximum Gasteiger partial charge on any atom is 0.153 e. The Labute approximate surface area is 264 Å². The molecule has 0 amide bonds. The maximum absolute atomic E-state index is 15.6. The van der Waals surface area contributed by atoms with E-state index in [0.717, 1.165) is 0 Å². The molecular formula is C32H33BrF2N4O4S. The summed E-state index contributed by atoms with van der Waals surface area (Å²) in [6.45, 7) is 4.27. The Kier molecular flexibility index (Phi) is 9.81. The minimum absolute atomic E-state index is 0.0315. The summed E-state index contributed by atoms with van der Waals surface area (Å²) in [5, 5.41) is 6.64. The Balaban J connectivity index is 1.33. The standard InChI is InChI=1S/C32H33BrF2N4O4S/c1-21(2)44(40,41)14-12-36-11-10-32(9-4-13-43-32)26-17-25-29(18-28(26)35)37-20-38-31(25)39-24-7-8-30(27(33)16-24)42-19-22-5-3-6-23(34)15-22/h3-8,13,15-18,20-21,36H,9-12,14,19H2,1-2H3,(H,37,38,39). The SMILES string of the molecule is CC(C)S(=O)(=O)CCNCCC1(c2cc3c(Nc4ccc(OCc5cccc(F)c5)c(Br)c4)ncnc3cc2F)CC=CO1. The third-order valence-corrected chi connectivity index (χ3v) is 10.3. The predicted molar refractivity (Wildman–Crippen MR) is 171 cm³/mol. The van der Waals surface area contributed by atoms with E-state index in [-0.39, 0.29) is 18.2 Å². The third-order valence-electron chi connectivity index (χ3n) is 7.52. The topological polar surface area (TPSA) is 102 Å². The van der Waals surface area contributed by atoms with Gasteiger partial charge in [-0.25, -0.2) is 27.2 Å². The van der Waals surface area contributed by atoms with Gasteiger partial charge in [0.15, 0.2) is 9.84 Å². The Hall–Kier alpha value is -3.61. The molecule has 0 spiro atoms. The number of fused-ring (bicyclic) bond motifs is 1. The molecule has 1 aromatic heterocycles. The van der Waals surface area contributed by atoms with Crippen molar-refractivity contribution in [3.05, 3.63) is 100 Å². The predicted octanol–water partition coefficient (Wildman–Crippen LogP) is 6.93. The quantitative estimate of drug-likeness (QED) is 0.146. The van der Waals surface area contributed by atoms with Crippen molar-refractivity contribution in [2.75, 3.05) is 24.2 Å². The van der Waals surface area contributed by atoms with E-state index in [0.29, 0.717) is 69.7 Å². The average molecular weight is 688 g/mol. The number of nitrogens with one attached hydrogen (secondary N) is 2. The van der Waals surface area contributed by atoms with Crippen LogP contribution in [0.15, 0.2) is 77.7 Å². The average Bonchev–Trinajstić information content (AvgIpc) is 3.46. The fourth-order valence-corrected chi connectivity index (χ4v) is 6.34. The highest BCUT2D eigenvalue weighted by Crippen LogP contribution is 2.41. The molecule has 0 bridgehead atoms. The van der Waals surface area contributed by atoms with Crippen molar-refractivity contribution in [1.29, 1.82) is 0 Å². The molecule has 2 N–H and O–H groups in total. The number of nitrogens with zero attached hydrogens (tertiary/aromatic N) is 2. The summed E-state index contributed by atoms with van der Waals surface area (Å²) in [7, 11) is -3.16. The summed E-state index contributed by atoms with van der Waals surface area (Å²) in [6.07, 6.45) is 5.67. The normalized spacial score (nSPS) is 16.4. The highest BCUT2D eigenvalue weighted by Gasteiger charge is 2.38. The molecule has 1 aliphatic rings. The van der Waals surface area contributed by atoms with Crippen LogP contribution in [0.25, 0.3) is 10.9 Å². The number of hydrogen-bond acceptors (Lipinski definition) is 8. The van der Waals surface area contributed by atoms with Crippen LogP contribution in [0.3, 0.4) is 0 Å².